The van der Waals surface area contributed by atoms with Crippen LogP contribution in [-0.4, -0.2) is 52.6 Å². The summed E-state index contributed by atoms with van der Waals surface area (Å²) in [5, 5.41) is 0.391. The number of benzene rings is 3. The third-order valence-electron chi connectivity index (χ3n) is 6.23. The molecule has 0 saturated carbocycles. The predicted octanol–water partition coefficient (Wildman–Crippen LogP) is 4.43. The highest BCUT2D eigenvalue weighted by Gasteiger charge is 2.45. The standard InChI is InChI=1S/C25H25ClN4O3S/c1-27-12-14-28(15-13-27)22-16-20(26)17-23-24(22)34(32,33)30(21-10-6-3-7-11-21)25(31)29(23)18-19-8-4-2-5-9-19/h2-11,16-17H,12-15,18H2,1H3. The highest BCUT2D eigenvalue weighted by Crippen LogP contribution is 2.45. The number of piperazine rings is 1. The minimum absolute atomic E-state index is 0.112. The molecule has 0 bridgehead atoms. The number of carbonyl (C=O) groups is 1. The van der Waals surface area contributed by atoms with Crippen molar-refractivity contribution >= 4 is 44.7 Å². The maximum absolute atomic E-state index is 14.1. The fourth-order valence-electron chi connectivity index (χ4n) is 4.45. The van der Waals surface area contributed by atoms with Gasteiger partial charge in [-0.15, -0.1) is 0 Å². The first-order chi connectivity index (χ1) is 16.4. The Balaban J connectivity index is 1.72. The monoisotopic (exact) mass is 496 g/mol. The summed E-state index contributed by atoms with van der Waals surface area (Å²) in [6.45, 7) is 3.15. The van der Waals surface area contributed by atoms with E-state index in [-0.39, 0.29) is 11.4 Å². The summed E-state index contributed by atoms with van der Waals surface area (Å²) in [4.78, 5) is 19.6. The molecule has 0 aromatic heterocycles. The number of hydrogen-bond acceptors (Lipinski definition) is 5. The van der Waals surface area contributed by atoms with Gasteiger partial charge >= 0.3 is 6.03 Å². The van der Waals surface area contributed by atoms with Crippen molar-refractivity contribution in [3.8, 4) is 0 Å². The number of nitrogens with zero attached hydrogens (tertiary/aromatic N) is 4. The Labute approximate surface area is 204 Å². The summed E-state index contributed by atoms with van der Waals surface area (Å²) in [6, 6.07) is 20.6. The van der Waals surface area contributed by atoms with E-state index in [0.29, 0.717) is 35.2 Å². The number of hydrogen-bond donors (Lipinski definition) is 0. The molecule has 176 valence electrons. The van der Waals surface area contributed by atoms with Gasteiger partial charge in [-0.2, -0.15) is 4.31 Å². The normalized spacial score (nSPS) is 18.2. The van der Waals surface area contributed by atoms with E-state index in [9.17, 15) is 13.2 Å². The number of sulfonamides is 1. The summed E-state index contributed by atoms with van der Waals surface area (Å²) >= 11 is 6.51. The molecule has 1 fully saturated rings. The van der Waals surface area contributed by atoms with Crippen LogP contribution in [0, 0.1) is 0 Å². The zero-order valence-corrected chi connectivity index (χ0v) is 20.3. The second kappa shape index (κ2) is 8.94. The average molecular weight is 497 g/mol. The fourth-order valence-corrected chi connectivity index (χ4v) is 6.43. The van der Waals surface area contributed by atoms with E-state index >= 15 is 0 Å². The first kappa shape index (κ1) is 22.7. The zero-order chi connectivity index (χ0) is 23.9. The summed E-state index contributed by atoms with van der Waals surface area (Å²) < 4.78 is 29.0. The molecular formula is C25H25ClN4O3S. The van der Waals surface area contributed by atoms with E-state index < -0.39 is 16.1 Å². The van der Waals surface area contributed by atoms with E-state index in [1.54, 1.807) is 42.5 Å². The van der Waals surface area contributed by atoms with Crippen molar-refractivity contribution < 1.29 is 13.2 Å². The topological polar surface area (TPSA) is 64.2 Å². The van der Waals surface area contributed by atoms with Crippen LogP contribution in [0.5, 0.6) is 0 Å². The lowest BCUT2D eigenvalue weighted by Crippen LogP contribution is -2.52. The molecule has 3 aromatic rings. The summed E-state index contributed by atoms with van der Waals surface area (Å²) in [7, 11) is -2.15. The fraction of sp³-hybridized carbons (Fsp3) is 0.240. The smallest absolute Gasteiger partial charge is 0.343 e. The van der Waals surface area contributed by atoms with Gasteiger partial charge in [0.25, 0.3) is 10.0 Å². The number of anilines is 3. The SMILES string of the molecule is CN1CCN(c2cc(Cl)cc3c2S(=O)(=O)N(c2ccccc2)C(=O)N3Cc2ccccc2)CC1. The molecule has 3 aromatic carbocycles. The first-order valence-corrected chi connectivity index (χ1v) is 12.9. The third kappa shape index (κ3) is 4.02. The van der Waals surface area contributed by atoms with E-state index in [1.807, 2.05) is 42.3 Å². The van der Waals surface area contributed by atoms with Crippen LogP contribution in [0.25, 0.3) is 0 Å². The Morgan fingerprint density at radius 1 is 0.853 bits per heavy atom. The van der Waals surface area contributed by atoms with Crippen molar-refractivity contribution in [2.75, 3.05) is 47.3 Å². The Bertz CT molecular complexity index is 1310. The van der Waals surface area contributed by atoms with Crippen LogP contribution >= 0.6 is 11.6 Å². The Morgan fingerprint density at radius 2 is 1.44 bits per heavy atom. The second-order valence-electron chi connectivity index (χ2n) is 8.52. The second-order valence-corrected chi connectivity index (χ2v) is 10.7. The summed E-state index contributed by atoms with van der Waals surface area (Å²) in [6.07, 6.45) is 0. The van der Waals surface area contributed by atoms with Gasteiger partial charge < -0.3 is 9.80 Å². The predicted molar refractivity (Wildman–Crippen MR) is 135 cm³/mol. The van der Waals surface area contributed by atoms with Crippen LogP contribution in [0.4, 0.5) is 21.9 Å². The van der Waals surface area contributed by atoms with Crippen LogP contribution in [-0.2, 0) is 16.6 Å². The molecule has 7 nitrogen and oxygen atoms in total. The maximum Gasteiger partial charge on any atom is 0.343 e. The highest BCUT2D eigenvalue weighted by molar-refractivity contribution is 7.94. The number of urea groups is 1. The largest absolute Gasteiger partial charge is 0.368 e. The maximum atomic E-state index is 14.1. The summed E-state index contributed by atoms with van der Waals surface area (Å²) in [5.41, 5.74) is 2.02. The van der Waals surface area contributed by atoms with Crippen LogP contribution in [0.2, 0.25) is 5.02 Å². The van der Waals surface area contributed by atoms with E-state index in [1.165, 1.54) is 4.90 Å². The van der Waals surface area contributed by atoms with Crippen LogP contribution in [0.1, 0.15) is 5.56 Å². The van der Waals surface area contributed by atoms with Gasteiger partial charge in [-0.05, 0) is 36.9 Å². The molecular weight excluding hydrogens is 472 g/mol. The molecule has 2 amide bonds. The molecule has 2 aliphatic heterocycles. The number of carbonyl (C=O) groups excluding carboxylic acids is 1. The first-order valence-electron chi connectivity index (χ1n) is 11.1. The Hall–Kier alpha value is -3.07. The number of para-hydroxylation sites is 1. The van der Waals surface area contributed by atoms with Gasteiger partial charge in [0.15, 0.2) is 0 Å². The average Bonchev–Trinajstić information content (AvgIpc) is 2.83. The lowest BCUT2D eigenvalue weighted by Gasteiger charge is -2.40. The third-order valence-corrected chi connectivity index (χ3v) is 8.23. The number of halogens is 1. The lowest BCUT2D eigenvalue weighted by molar-refractivity contribution is 0.253. The molecule has 2 heterocycles. The van der Waals surface area contributed by atoms with Gasteiger partial charge in [0.05, 0.1) is 23.6 Å². The van der Waals surface area contributed by atoms with Gasteiger partial charge in [-0.25, -0.2) is 13.2 Å². The molecule has 2 aliphatic rings. The van der Waals surface area contributed by atoms with Crippen molar-refractivity contribution in [1.29, 1.82) is 0 Å². The van der Waals surface area contributed by atoms with Crippen LogP contribution in [0.15, 0.2) is 77.7 Å². The van der Waals surface area contributed by atoms with Gasteiger partial charge in [-0.3, -0.25) is 4.90 Å². The van der Waals surface area contributed by atoms with Crippen molar-refractivity contribution in [2.45, 2.75) is 11.4 Å². The van der Waals surface area contributed by atoms with Crippen LogP contribution in [0.3, 0.4) is 0 Å². The molecule has 0 N–H and O–H groups in total. The highest BCUT2D eigenvalue weighted by atomic mass is 35.5. The molecule has 1 saturated heterocycles. The summed E-state index contributed by atoms with van der Waals surface area (Å²) in [5.74, 6) is 0. The minimum atomic E-state index is -4.19. The van der Waals surface area contributed by atoms with Gasteiger partial charge in [-0.1, -0.05) is 60.1 Å². The van der Waals surface area contributed by atoms with Gasteiger partial charge in [0.2, 0.25) is 0 Å². The number of likely N-dealkylation sites (N-methyl/N-ethyl adjacent to an activating group) is 1. The number of rotatable bonds is 4. The molecule has 0 spiro atoms. The van der Waals surface area contributed by atoms with Crippen molar-refractivity contribution in [3.05, 3.63) is 83.4 Å². The van der Waals surface area contributed by atoms with E-state index in [0.717, 1.165) is 23.0 Å². The number of amides is 2. The molecule has 0 unspecified atom stereocenters. The Morgan fingerprint density at radius 3 is 2.09 bits per heavy atom. The molecule has 0 radical (unpaired) electrons. The van der Waals surface area contributed by atoms with E-state index in [2.05, 4.69) is 4.90 Å². The zero-order valence-electron chi connectivity index (χ0n) is 18.8. The quantitative estimate of drug-likeness (QED) is 0.534. The molecule has 0 atom stereocenters. The Kier molecular flexibility index (Phi) is 5.97. The van der Waals surface area contributed by atoms with E-state index in [4.69, 9.17) is 11.6 Å². The molecule has 5 rings (SSSR count). The van der Waals surface area contributed by atoms with Gasteiger partial charge in [0, 0.05) is 31.2 Å². The molecule has 34 heavy (non-hydrogen) atoms. The van der Waals surface area contributed by atoms with Crippen molar-refractivity contribution in [1.82, 2.24) is 4.90 Å². The molecule has 0 aliphatic carbocycles. The molecule has 9 heteroatoms. The van der Waals surface area contributed by atoms with Crippen molar-refractivity contribution in [2.24, 2.45) is 0 Å². The lowest BCUT2D eigenvalue weighted by atomic mass is 10.1. The van der Waals surface area contributed by atoms with Crippen LogP contribution < -0.4 is 14.1 Å². The van der Waals surface area contributed by atoms with Gasteiger partial charge in [0.1, 0.15) is 4.90 Å². The van der Waals surface area contributed by atoms with Crippen molar-refractivity contribution in [3.63, 3.8) is 0 Å². The minimum Gasteiger partial charge on any atom is -0.368 e. The number of fused-ring (bicyclic) bond motifs is 1.